The number of aliphatic hydroxyl groups is 2. The SMILES string of the molecule is CC/C=C\C/C=C\C/C=C\C/C=C\CCCCCCCCC(=O)OCC(O)COP(=O)(O)OCC(O)COP(=O)(O)OCC(COC(=O)CCCCCCCC/C=C\C/C=C\C/C=C\CCCCC)OC(=O)CCCCCCCCCCCCCCC. The van der Waals surface area contributed by atoms with Gasteiger partial charge in [-0.25, -0.2) is 9.13 Å². The highest BCUT2D eigenvalue weighted by Crippen LogP contribution is 2.45. The Hall–Kier alpha value is -3.27. The summed E-state index contributed by atoms with van der Waals surface area (Å²) in [7, 11) is -9.77. The minimum Gasteiger partial charge on any atom is -0.463 e. The number of hydrogen-bond acceptors (Lipinski definition) is 14. The lowest BCUT2D eigenvalue weighted by Gasteiger charge is -2.21. The minimum atomic E-state index is -4.92. The first-order chi connectivity index (χ1) is 42.2. The van der Waals surface area contributed by atoms with Crippen molar-refractivity contribution >= 4 is 33.6 Å². The third-order valence-corrected chi connectivity index (χ3v) is 16.0. The molecule has 504 valence electrons. The van der Waals surface area contributed by atoms with E-state index in [2.05, 4.69) is 106 Å². The van der Waals surface area contributed by atoms with Gasteiger partial charge in [-0.3, -0.25) is 32.5 Å². The van der Waals surface area contributed by atoms with E-state index in [0.29, 0.717) is 19.3 Å². The van der Waals surface area contributed by atoms with E-state index in [1.165, 1.54) is 70.6 Å². The number of carbonyl (C=O) groups excluding carboxylic acids is 3. The molecule has 87 heavy (non-hydrogen) atoms. The second kappa shape index (κ2) is 62.9. The van der Waals surface area contributed by atoms with Crippen LogP contribution in [0.3, 0.4) is 0 Å². The molecule has 0 saturated carbocycles. The summed E-state index contributed by atoms with van der Waals surface area (Å²) in [6.45, 7) is 2.51. The average Bonchev–Trinajstić information content (AvgIpc) is 3.63. The number of phosphoric ester groups is 2. The monoisotopic (exact) mass is 1270 g/mol. The predicted octanol–water partition coefficient (Wildman–Crippen LogP) is 18.5. The second-order valence-corrected chi connectivity index (χ2v) is 25.5. The molecule has 0 rings (SSSR count). The molecule has 18 heteroatoms. The van der Waals surface area contributed by atoms with Gasteiger partial charge in [-0.15, -0.1) is 0 Å². The molecule has 16 nitrogen and oxygen atoms in total. The first-order valence-corrected chi connectivity index (χ1v) is 36.9. The number of aliphatic hydroxyl groups excluding tert-OH is 2. The van der Waals surface area contributed by atoms with Crippen molar-refractivity contribution in [2.75, 3.05) is 39.6 Å². The molecular weight excluding hydrogens is 1150 g/mol. The van der Waals surface area contributed by atoms with Crippen LogP contribution in [0.5, 0.6) is 0 Å². The zero-order valence-electron chi connectivity index (χ0n) is 54.4. The van der Waals surface area contributed by atoms with Crippen molar-refractivity contribution in [3.05, 3.63) is 85.1 Å². The fraction of sp³-hybridized carbons (Fsp3) is 0.754. The van der Waals surface area contributed by atoms with Gasteiger partial charge in [0.15, 0.2) is 6.10 Å². The minimum absolute atomic E-state index is 0.105. The third kappa shape index (κ3) is 64.1. The summed E-state index contributed by atoms with van der Waals surface area (Å²) in [4.78, 5) is 58.3. The lowest BCUT2D eigenvalue weighted by Crippen LogP contribution is -2.30. The van der Waals surface area contributed by atoms with Gasteiger partial charge < -0.3 is 34.2 Å². The number of unbranched alkanes of at least 4 members (excludes halogenated alkanes) is 27. The lowest BCUT2D eigenvalue weighted by atomic mass is 10.0. The fourth-order valence-electron chi connectivity index (χ4n) is 8.92. The van der Waals surface area contributed by atoms with Crippen LogP contribution >= 0.6 is 15.6 Å². The molecule has 0 fully saturated rings. The normalized spacial score (nSPS) is 14.8. The standard InChI is InChI=1S/C69H122O16P2/c1-4-7-10-13-16-19-22-25-27-29-31-33-35-38-40-43-46-49-52-55-67(72)79-58-64(70)59-81-86(75,76)82-60-65(71)61-83-87(77,78)84-63-66(85-69(74)57-54-51-48-45-42-37-24-21-18-15-12-9-6-3)62-80-68(73)56-53-50-47-44-41-39-36-34-32-30-28-26-23-20-17-14-11-8-5-2/h7,10,16-17,19-20,25-28,31-34,64-66,70-71H,4-6,8-9,11-15,18,21-24,29-30,35-63H2,1-3H3,(H,75,76)(H,77,78)/b10-7-,19-16-,20-17-,27-25-,28-26-,33-31-,34-32-. The predicted molar refractivity (Wildman–Crippen MR) is 353 cm³/mol. The van der Waals surface area contributed by atoms with Gasteiger partial charge in [0, 0.05) is 19.3 Å². The van der Waals surface area contributed by atoms with Gasteiger partial charge in [0.1, 0.15) is 25.4 Å². The highest BCUT2D eigenvalue weighted by molar-refractivity contribution is 7.47. The summed E-state index contributed by atoms with van der Waals surface area (Å²) in [6.07, 6.45) is 66.3. The first kappa shape index (κ1) is 83.7. The van der Waals surface area contributed by atoms with Gasteiger partial charge in [0.2, 0.25) is 0 Å². The van der Waals surface area contributed by atoms with Crippen molar-refractivity contribution in [1.82, 2.24) is 0 Å². The van der Waals surface area contributed by atoms with Crippen LogP contribution in [0, 0.1) is 0 Å². The number of allylic oxidation sites excluding steroid dienone is 14. The number of hydrogen-bond donors (Lipinski definition) is 4. The molecule has 4 N–H and O–H groups in total. The Kier molecular flexibility index (Phi) is 60.5. The molecule has 5 atom stereocenters. The number of phosphoric acid groups is 2. The Morgan fingerprint density at radius 3 is 0.989 bits per heavy atom. The van der Waals surface area contributed by atoms with Crippen molar-refractivity contribution in [3.63, 3.8) is 0 Å². The zero-order valence-corrected chi connectivity index (χ0v) is 56.2. The van der Waals surface area contributed by atoms with Crippen LogP contribution in [0.1, 0.15) is 278 Å². The number of carbonyl (C=O) groups is 3. The van der Waals surface area contributed by atoms with Gasteiger partial charge in [-0.1, -0.05) is 247 Å². The van der Waals surface area contributed by atoms with Crippen molar-refractivity contribution in [2.24, 2.45) is 0 Å². The fourth-order valence-corrected chi connectivity index (χ4v) is 10.5. The van der Waals surface area contributed by atoms with Crippen molar-refractivity contribution in [3.8, 4) is 0 Å². The topological polar surface area (TPSA) is 231 Å². The van der Waals surface area contributed by atoms with Crippen LogP contribution in [0.25, 0.3) is 0 Å². The Balaban J connectivity index is 4.66. The van der Waals surface area contributed by atoms with E-state index >= 15 is 0 Å². The van der Waals surface area contributed by atoms with Crippen LogP contribution in [-0.2, 0) is 55.8 Å². The summed E-state index contributed by atoms with van der Waals surface area (Å²) < 4.78 is 60.8. The molecule has 0 aromatic heterocycles. The quantitative estimate of drug-likeness (QED) is 0.0146. The summed E-state index contributed by atoms with van der Waals surface area (Å²) in [5.41, 5.74) is 0. The maximum Gasteiger partial charge on any atom is 0.472 e. The molecule has 0 heterocycles. The Labute approximate surface area is 527 Å². The second-order valence-electron chi connectivity index (χ2n) is 22.6. The summed E-state index contributed by atoms with van der Waals surface area (Å²) >= 11 is 0. The maximum absolute atomic E-state index is 12.9. The highest BCUT2D eigenvalue weighted by Gasteiger charge is 2.29. The van der Waals surface area contributed by atoms with Crippen LogP contribution in [0.2, 0.25) is 0 Å². The maximum atomic E-state index is 12.9. The van der Waals surface area contributed by atoms with Gasteiger partial charge in [0.05, 0.1) is 26.4 Å². The van der Waals surface area contributed by atoms with Crippen LogP contribution in [0.15, 0.2) is 85.1 Å². The van der Waals surface area contributed by atoms with E-state index in [1.54, 1.807) is 0 Å². The zero-order chi connectivity index (χ0) is 63.8. The van der Waals surface area contributed by atoms with E-state index in [4.69, 9.17) is 32.3 Å². The lowest BCUT2D eigenvalue weighted by molar-refractivity contribution is -0.161. The van der Waals surface area contributed by atoms with Crippen molar-refractivity contribution < 1.29 is 75.8 Å². The number of esters is 3. The van der Waals surface area contributed by atoms with Crippen molar-refractivity contribution in [1.29, 1.82) is 0 Å². The van der Waals surface area contributed by atoms with E-state index in [-0.39, 0.29) is 19.3 Å². The number of rotatable bonds is 64. The van der Waals surface area contributed by atoms with Gasteiger partial charge >= 0.3 is 33.6 Å². The molecule has 0 aromatic carbocycles. The molecular formula is C69H122O16P2. The molecule has 0 radical (unpaired) electrons. The molecule has 5 unspecified atom stereocenters. The molecule has 0 spiro atoms. The summed E-state index contributed by atoms with van der Waals surface area (Å²) in [5, 5.41) is 20.5. The smallest absolute Gasteiger partial charge is 0.463 e. The van der Waals surface area contributed by atoms with E-state index in [0.717, 1.165) is 148 Å². The average molecular weight is 1270 g/mol. The largest absolute Gasteiger partial charge is 0.472 e. The van der Waals surface area contributed by atoms with Crippen molar-refractivity contribution in [2.45, 2.75) is 296 Å². The van der Waals surface area contributed by atoms with E-state index in [9.17, 15) is 43.5 Å². The van der Waals surface area contributed by atoms with Crippen LogP contribution in [0.4, 0.5) is 0 Å². The molecule has 0 aliphatic heterocycles. The highest BCUT2D eigenvalue weighted by atomic mass is 31.2. The molecule has 0 saturated heterocycles. The third-order valence-electron chi connectivity index (χ3n) is 14.1. The van der Waals surface area contributed by atoms with Crippen LogP contribution < -0.4 is 0 Å². The van der Waals surface area contributed by atoms with Gasteiger partial charge in [-0.05, 0) is 96.3 Å². The molecule has 0 amide bonds. The number of ether oxygens (including phenoxy) is 3. The van der Waals surface area contributed by atoms with E-state index < -0.39 is 91.5 Å². The Bertz CT molecular complexity index is 1930. The Morgan fingerprint density at radius 1 is 0.333 bits per heavy atom. The van der Waals surface area contributed by atoms with Gasteiger partial charge in [0.25, 0.3) is 0 Å². The molecule has 0 aliphatic carbocycles. The molecule has 0 aromatic rings. The summed E-state index contributed by atoms with van der Waals surface area (Å²) in [6, 6.07) is 0. The Morgan fingerprint density at radius 2 is 0.609 bits per heavy atom. The first-order valence-electron chi connectivity index (χ1n) is 33.9. The van der Waals surface area contributed by atoms with E-state index in [1.807, 2.05) is 0 Å². The molecule has 0 bridgehead atoms. The van der Waals surface area contributed by atoms with Crippen LogP contribution in [-0.4, -0.2) is 95.9 Å². The summed E-state index contributed by atoms with van der Waals surface area (Å²) in [5.74, 6) is -1.59. The van der Waals surface area contributed by atoms with Gasteiger partial charge in [-0.2, -0.15) is 0 Å². The molecule has 0 aliphatic rings.